The van der Waals surface area contributed by atoms with E-state index in [4.69, 9.17) is 0 Å². The van der Waals surface area contributed by atoms with E-state index in [1.807, 2.05) is 0 Å². The normalized spacial score (nSPS) is 43.7. The summed E-state index contributed by atoms with van der Waals surface area (Å²) in [5.74, 6) is 3.05. The Hall–Kier alpha value is 0. The van der Waals surface area contributed by atoms with Crippen molar-refractivity contribution in [1.29, 1.82) is 0 Å². The molecule has 1 aliphatic carbocycles. The predicted octanol–water partition coefficient (Wildman–Crippen LogP) is 3.08. The van der Waals surface area contributed by atoms with Crippen molar-refractivity contribution in [1.82, 2.24) is 0 Å². The summed E-state index contributed by atoms with van der Waals surface area (Å²) in [5.41, 5.74) is 0. The molecule has 0 heteroatoms. The Balaban J connectivity index is 2.38. The molecule has 0 saturated heterocycles. The quantitative estimate of drug-likeness (QED) is 0.506. The Morgan fingerprint density at radius 1 is 1.22 bits per heavy atom. The van der Waals surface area contributed by atoms with Crippen molar-refractivity contribution < 1.29 is 0 Å². The van der Waals surface area contributed by atoms with Crippen molar-refractivity contribution in [2.75, 3.05) is 0 Å². The fraction of sp³-hybridized carbons (Fsp3) is 1.00. The molecule has 0 aromatic carbocycles. The molecular formula is C9H18. The van der Waals surface area contributed by atoms with E-state index in [0.717, 1.165) is 17.8 Å². The van der Waals surface area contributed by atoms with E-state index in [2.05, 4.69) is 20.8 Å². The predicted molar refractivity (Wildman–Crippen MR) is 41.3 cm³/mol. The first kappa shape index (κ1) is 7.11. The van der Waals surface area contributed by atoms with E-state index in [1.165, 1.54) is 19.3 Å². The third kappa shape index (κ3) is 1.47. The Bertz CT molecular complexity index is 86.0. The van der Waals surface area contributed by atoms with Gasteiger partial charge in [-0.05, 0) is 30.6 Å². The average Bonchev–Trinajstić information content (AvgIpc) is 2.10. The van der Waals surface area contributed by atoms with Gasteiger partial charge >= 0.3 is 0 Å². The molecule has 1 fully saturated rings. The lowest BCUT2D eigenvalue weighted by atomic mass is 9.96. The van der Waals surface area contributed by atoms with Gasteiger partial charge in [-0.2, -0.15) is 0 Å². The molecule has 0 aliphatic heterocycles. The first-order valence-electron chi connectivity index (χ1n) is 4.24. The lowest BCUT2D eigenvalue weighted by molar-refractivity contribution is 0.406. The van der Waals surface area contributed by atoms with E-state index in [1.54, 1.807) is 0 Å². The van der Waals surface area contributed by atoms with Gasteiger partial charge in [-0.1, -0.05) is 27.2 Å². The summed E-state index contributed by atoms with van der Waals surface area (Å²) in [6.45, 7) is 7.10. The maximum atomic E-state index is 2.40. The SMILES string of the molecule is CC[C@H]1CC(C)C[C@H]1C. The van der Waals surface area contributed by atoms with Crippen molar-refractivity contribution in [3.63, 3.8) is 0 Å². The van der Waals surface area contributed by atoms with Crippen molar-refractivity contribution in [2.24, 2.45) is 17.8 Å². The monoisotopic (exact) mass is 126 g/mol. The minimum absolute atomic E-state index is 1.00. The van der Waals surface area contributed by atoms with Gasteiger partial charge in [0.25, 0.3) is 0 Å². The zero-order chi connectivity index (χ0) is 6.85. The van der Waals surface area contributed by atoms with Crippen LogP contribution in [0.5, 0.6) is 0 Å². The van der Waals surface area contributed by atoms with Gasteiger partial charge in [0.15, 0.2) is 0 Å². The molecule has 9 heavy (non-hydrogen) atoms. The van der Waals surface area contributed by atoms with Gasteiger partial charge in [-0.15, -0.1) is 0 Å². The molecule has 54 valence electrons. The summed E-state index contributed by atoms with van der Waals surface area (Å²) < 4.78 is 0. The van der Waals surface area contributed by atoms with Crippen LogP contribution in [0.15, 0.2) is 0 Å². The highest BCUT2D eigenvalue weighted by atomic mass is 14.3. The number of hydrogen-bond donors (Lipinski definition) is 0. The topological polar surface area (TPSA) is 0 Å². The van der Waals surface area contributed by atoms with Gasteiger partial charge in [-0.25, -0.2) is 0 Å². The molecule has 0 heterocycles. The maximum absolute atomic E-state index is 2.40. The molecule has 3 atom stereocenters. The van der Waals surface area contributed by atoms with Gasteiger partial charge in [0.05, 0.1) is 0 Å². The average molecular weight is 126 g/mol. The fourth-order valence-corrected chi connectivity index (χ4v) is 2.24. The Morgan fingerprint density at radius 2 is 1.89 bits per heavy atom. The molecule has 0 aromatic heterocycles. The van der Waals surface area contributed by atoms with Crippen LogP contribution in [0, 0.1) is 17.8 Å². The first-order chi connectivity index (χ1) is 4.24. The van der Waals surface area contributed by atoms with Crippen LogP contribution < -0.4 is 0 Å². The summed E-state index contributed by atoms with van der Waals surface area (Å²) in [6, 6.07) is 0. The lowest BCUT2D eigenvalue weighted by Gasteiger charge is -2.10. The van der Waals surface area contributed by atoms with Crippen LogP contribution in [0.4, 0.5) is 0 Å². The molecule has 1 unspecified atom stereocenters. The van der Waals surface area contributed by atoms with E-state index < -0.39 is 0 Å². The summed E-state index contributed by atoms with van der Waals surface area (Å²) in [7, 11) is 0. The van der Waals surface area contributed by atoms with Crippen molar-refractivity contribution >= 4 is 0 Å². The molecule has 0 spiro atoms. The van der Waals surface area contributed by atoms with E-state index in [0.29, 0.717) is 0 Å². The second-order valence-corrected chi connectivity index (χ2v) is 3.72. The third-order valence-electron chi connectivity index (χ3n) is 2.81. The second kappa shape index (κ2) is 2.72. The number of hydrogen-bond acceptors (Lipinski definition) is 0. The van der Waals surface area contributed by atoms with Crippen molar-refractivity contribution in [2.45, 2.75) is 40.0 Å². The highest BCUT2D eigenvalue weighted by molar-refractivity contribution is 4.77. The minimum atomic E-state index is 1.00. The third-order valence-corrected chi connectivity index (χ3v) is 2.81. The molecule has 1 aliphatic rings. The molecule has 0 N–H and O–H groups in total. The van der Waals surface area contributed by atoms with Gasteiger partial charge in [-0.3, -0.25) is 0 Å². The zero-order valence-corrected chi connectivity index (χ0v) is 6.85. The van der Waals surface area contributed by atoms with E-state index in [9.17, 15) is 0 Å². The molecule has 0 radical (unpaired) electrons. The Kier molecular flexibility index (Phi) is 2.15. The van der Waals surface area contributed by atoms with Crippen LogP contribution in [-0.4, -0.2) is 0 Å². The number of rotatable bonds is 1. The summed E-state index contributed by atoms with van der Waals surface area (Å²) >= 11 is 0. The van der Waals surface area contributed by atoms with Crippen molar-refractivity contribution in [3.05, 3.63) is 0 Å². The minimum Gasteiger partial charge on any atom is -0.0651 e. The smallest absolute Gasteiger partial charge is 0.0388 e. The maximum Gasteiger partial charge on any atom is -0.0388 e. The summed E-state index contributed by atoms with van der Waals surface area (Å²) in [5, 5.41) is 0. The first-order valence-corrected chi connectivity index (χ1v) is 4.24. The van der Waals surface area contributed by atoms with Crippen LogP contribution in [-0.2, 0) is 0 Å². The highest BCUT2D eigenvalue weighted by Crippen LogP contribution is 2.37. The molecule has 1 saturated carbocycles. The molecule has 1 rings (SSSR count). The van der Waals surface area contributed by atoms with Crippen LogP contribution in [0.1, 0.15) is 40.0 Å². The highest BCUT2D eigenvalue weighted by Gasteiger charge is 2.26. The van der Waals surface area contributed by atoms with Crippen molar-refractivity contribution in [3.8, 4) is 0 Å². The van der Waals surface area contributed by atoms with Crippen LogP contribution >= 0.6 is 0 Å². The molecular weight excluding hydrogens is 108 g/mol. The van der Waals surface area contributed by atoms with Gasteiger partial charge in [0.2, 0.25) is 0 Å². The van der Waals surface area contributed by atoms with Crippen LogP contribution in [0.25, 0.3) is 0 Å². The van der Waals surface area contributed by atoms with Gasteiger partial charge in [0, 0.05) is 0 Å². The summed E-state index contributed by atoms with van der Waals surface area (Å²) in [4.78, 5) is 0. The zero-order valence-electron chi connectivity index (χ0n) is 6.85. The molecule has 0 aromatic rings. The van der Waals surface area contributed by atoms with E-state index >= 15 is 0 Å². The fourth-order valence-electron chi connectivity index (χ4n) is 2.24. The van der Waals surface area contributed by atoms with Crippen LogP contribution in [0.2, 0.25) is 0 Å². The second-order valence-electron chi connectivity index (χ2n) is 3.72. The standard InChI is InChI=1S/C9H18/c1-4-9-6-7(2)5-8(9)3/h7-9H,4-6H2,1-3H3/t7?,8-,9+/m1/s1. The lowest BCUT2D eigenvalue weighted by Crippen LogP contribution is -2.00. The van der Waals surface area contributed by atoms with Gasteiger partial charge in [0.1, 0.15) is 0 Å². The van der Waals surface area contributed by atoms with E-state index in [-0.39, 0.29) is 0 Å². The Morgan fingerprint density at radius 3 is 2.11 bits per heavy atom. The molecule has 0 nitrogen and oxygen atoms in total. The van der Waals surface area contributed by atoms with Crippen LogP contribution in [0.3, 0.4) is 0 Å². The molecule has 0 amide bonds. The summed E-state index contributed by atoms with van der Waals surface area (Å²) in [6.07, 6.45) is 4.35. The largest absolute Gasteiger partial charge is 0.0651 e. The molecule has 0 bridgehead atoms. The Labute approximate surface area is 58.7 Å². The van der Waals surface area contributed by atoms with Gasteiger partial charge < -0.3 is 0 Å².